The maximum absolute atomic E-state index is 14.9. The molecule has 0 saturated carbocycles. The Bertz CT molecular complexity index is 2900. The monoisotopic (exact) mass is 714 g/mol. The van der Waals surface area contributed by atoms with Crippen molar-refractivity contribution < 1.29 is 27.7 Å². The minimum atomic E-state index is -0.731. The van der Waals surface area contributed by atoms with Gasteiger partial charge in [-0.25, -0.2) is 8.78 Å². The molecule has 11 rings (SSSR count). The zero-order valence-corrected chi connectivity index (χ0v) is 28.7. The van der Waals surface area contributed by atoms with E-state index in [0.717, 1.165) is 54.9 Å². The summed E-state index contributed by atoms with van der Waals surface area (Å²) < 4.78 is 54.4. The van der Waals surface area contributed by atoms with E-state index in [1.165, 1.54) is 12.1 Å². The molecule has 8 aromatic rings. The van der Waals surface area contributed by atoms with Gasteiger partial charge >= 0.3 is 0 Å². The highest BCUT2D eigenvalue weighted by atomic mass is 19.1. The normalized spacial score (nSPS) is 13.6. The lowest BCUT2D eigenvalue weighted by Crippen LogP contribution is -2.28. The number of ether oxygens (including phenoxy) is 4. The standard InChI is InChI=1S/C49H24F2O4/c1-3-27-17-39(50)47-45(19-27)52-41-25-31-21-33(15-13-29(31)23-43(41)54-47)49(37-11-7-5-9-35(37)36-10-6-8-12-38(36)49)34-16-14-30-24-44-42(26-32(30)22-34)53-46-20-28(4-2)18-40(51)48(46)55-44/h1-2,5-26H. The highest BCUT2D eigenvalue weighted by molar-refractivity contribution is 5.93. The Hall–Kier alpha value is -7.54. The van der Waals surface area contributed by atoms with Gasteiger partial charge in [0, 0.05) is 23.3 Å². The molecule has 0 N–H and O–H groups in total. The van der Waals surface area contributed by atoms with Crippen LogP contribution in [0.3, 0.4) is 0 Å². The molecule has 2 aliphatic heterocycles. The average Bonchev–Trinajstić information content (AvgIpc) is 3.51. The molecule has 0 radical (unpaired) electrons. The summed E-state index contributed by atoms with van der Waals surface area (Å²) in [4.78, 5) is 0. The predicted octanol–water partition coefficient (Wildman–Crippen LogP) is 12.4. The maximum atomic E-state index is 14.9. The van der Waals surface area contributed by atoms with Gasteiger partial charge in [0.2, 0.25) is 11.5 Å². The van der Waals surface area contributed by atoms with Crippen LogP contribution in [-0.4, -0.2) is 0 Å². The third kappa shape index (κ3) is 4.40. The summed E-state index contributed by atoms with van der Waals surface area (Å²) in [6.45, 7) is 0. The summed E-state index contributed by atoms with van der Waals surface area (Å²) in [5.41, 5.74) is 6.64. The zero-order chi connectivity index (χ0) is 37.0. The van der Waals surface area contributed by atoms with E-state index >= 15 is 0 Å². The Morgan fingerprint density at radius 1 is 0.418 bits per heavy atom. The van der Waals surface area contributed by atoms with Crippen molar-refractivity contribution in [3.63, 3.8) is 0 Å². The van der Waals surface area contributed by atoms with Crippen molar-refractivity contribution in [2.75, 3.05) is 0 Å². The quantitative estimate of drug-likeness (QED) is 0.167. The molecule has 0 aromatic heterocycles. The molecule has 55 heavy (non-hydrogen) atoms. The first-order valence-corrected chi connectivity index (χ1v) is 17.6. The topological polar surface area (TPSA) is 36.9 Å². The summed E-state index contributed by atoms with van der Waals surface area (Å²) >= 11 is 0. The molecular formula is C49H24F2O4. The molecule has 8 aromatic carbocycles. The van der Waals surface area contributed by atoms with Crippen molar-refractivity contribution in [3.05, 3.63) is 178 Å². The van der Waals surface area contributed by atoms with Crippen molar-refractivity contribution in [2.24, 2.45) is 0 Å². The number of rotatable bonds is 2. The molecule has 3 aliphatic rings. The first-order valence-electron chi connectivity index (χ1n) is 17.6. The number of fused-ring (bicyclic) bond motifs is 9. The van der Waals surface area contributed by atoms with Crippen LogP contribution in [-0.2, 0) is 5.41 Å². The van der Waals surface area contributed by atoms with Gasteiger partial charge in [0.15, 0.2) is 46.1 Å². The van der Waals surface area contributed by atoms with Gasteiger partial charge in [0.1, 0.15) is 0 Å². The lowest BCUT2D eigenvalue weighted by atomic mass is 9.67. The van der Waals surface area contributed by atoms with Crippen molar-refractivity contribution in [1.29, 1.82) is 0 Å². The van der Waals surface area contributed by atoms with Gasteiger partial charge < -0.3 is 18.9 Å². The molecule has 0 bridgehead atoms. The largest absolute Gasteiger partial charge is 0.449 e. The summed E-state index contributed by atoms with van der Waals surface area (Å²) in [7, 11) is 0. The molecule has 0 fully saturated rings. The van der Waals surface area contributed by atoms with Gasteiger partial charge in [-0.2, -0.15) is 0 Å². The molecular weight excluding hydrogens is 691 g/mol. The van der Waals surface area contributed by atoms with E-state index in [4.69, 9.17) is 31.8 Å². The van der Waals surface area contributed by atoms with Gasteiger partial charge in [-0.3, -0.25) is 0 Å². The zero-order valence-electron chi connectivity index (χ0n) is 28.7. The van der Waals surface area contributed by atoms with E-state index in [0.29, 0.717) is 34.1 Å². The third-order valence-electron chi connectivity index (χ3n) is 10.8. The molecule has 0 spiro atoms. The molecule has 1 aliphatic carbocycles. The number of halogens is 2. The Morgan fingerprint density at radius 2 is 0.836 bits per heavy atom. The van der Waals surface area contributed by atoms with Crippen LogP contribution in [0.2, 0.25) is 0 Å². The first kappa shape index (κ1) is 31.0. The number of terminal acetylenes is 2. The average molecular weight is 715 g/mol. The van der Waals surface area contributed by atoms with E-state index in [2.05, 4.69) is 96.8 Å². The molecule has 6 heteroatoms. The maximum Gasteiger partial charge on any atom is 0.205 e. The minimum absolute atomic E-state index is 0.00353. The van der Waals surface area contributed by atoms with Gasteiger partial charge in [0.05, 0.1) is 5.41 Å². The van der Waals surface area contributed by atoms with Crippen molar-refractivity contribution in [1.82, 2.24) is 0 Å². The molecule has 0 atom stereocenters. The summed E-state index contributed by atoms with van der Waals surface area (Å²) in [5, 5.41) is 3.63. The van der Waals surface area contributed by atoms with Crippen LogP contribution in [0.4, 0.5) is 8.78 Å². The van der Waals surface area contributed by atoms with Crippen LogP contribution in [0.25, 0.3) is 32.7 Å². The van der Waals surface area contributed by atoms with Crippen LogP contribution in [0.1, 0.15) is 33.4 Å². The Kier molecular flexibility index (Phi) is 6.34. The predicted molar refractivity (Wildman–Crippen MR) is 208 cm³/mol. The molecule has 0 amide bonds. The molecule has 2 heterocycles. The lowest BCUT2D eigenvalue weighted by Gasteiger charge is -2.34. The van der Waals surface area contributed by atoms with E-state index < -0.39 is 17.0 Å². The number of hydrogen-bond donors (Lipinski definition) is 0. The second kappa shape index (κ2) is 11.2. The molecule has 4 nitrogen and oxygen atoms in total. The second-order valence-corrected chi connectivity index (χ2v) is 13.8. The van der Waals surface area contributed by atoms with Gasteiger partial charge in [-0.1, -0.05) is 84.6 Å². The smallest absolute Gasteiger partial charge is 0.205 e. The van der Waals surface area contributed by atoms with Gasteiger partial charge in [-0.15, -0.1) is 12.8 Å². The molecule has 0 unspecified atom stereocenters. The molecule has 0 saturated heterocycles. The van der Waals surface area contributed by atoms with E-state index in [9.17, 15) is 8.78 Å². The molecule has 258 valence electrons. The van der Waals surface area contributed by atoms with Crippen LogP contribution in [0, 0.1) is 36.3 Å². The summed E-state index contributed by atoms with van der Waals surface area (Å²) in [5.74, 6) is 5.98. The fourth-order valence-electron chi connectivity index (χ4n) is 8.43. The fraction of sp³-hybridized carbons (Fsp3) is 0.0204. The van der Waals surface area contributed by atoms with Crippen LogP contribution in [0.5, 0.6) is 46.0 Å². The van der Waals surface area contributed by atoms with Gasteiger partial charge in [0.25, 0.3) is 0 Å². The van der Waals surface area contributed by atoms with Crippen molar-refractivity contribution in [2.45, 2.75) is 5.41 Å². The van der Waals surface area contributed by atoms with Crippen LogP contribution < -0.4 is 18.9 Å². The second-order valence-electron chi connectivity index (χ2n) is 13.8. The van der Waals surface area contributed by atoms with Crippen molar-refractivity contribution in [3.8, 4) is 81.8 Å². The Labute approximate surface area is 314 Å². The lowest BCUT2D eigenvalue weighted by molar-refractivity contribution is 0.343. The summed E-state index contributed by atoms with van der Waals surface area (Å²) in [6.07, 6.45) is 11.2. The first-order chi connectivity index (χ1) is 26.9. The number of benzene rings is 8. The Morgan fingerprint density at radius 3 is 1.29 bits per heavy atom. The highest BCUT2D eigenvalue weighted by Gasteiger charge is 2.46. The van der Waals surface area contributed by atoms with Crippen LogP contribution in [0.15, 0.2) is 133 Å². The Balaban J connectivity index is 1.10. The third-order valence-corrected chi connectivity index (χ3v) is 10.8. The highest BCUT2D eigenvalue weighted by Crippen LogP contribution is 2.58. The van der Waals surface area contributed by atoms with Gasteiger partial charge in [-0.05, 0) is 103 Å². The summed E-state index contributed by atoms with van der Waals surface area (Å²) in [6, 6.07) is 43.1. The number of hydrogen-bond acceptors (Lipinski definition) is 4. The fourth-order valence-corrected chi connectivity index (χ4v) is 8.43. The minimum Gasteiger partial charge on any atom is -0.449 e. The van der Waals surface area contributed by atoms with E-state index in [-0.39, 0.29) is 23.0 Å². The van der Waals surface area contributed by atoms with E-state index in [1.54, 1.807) is 12.1 Å². The van der Waals surface area contributed by atoms with Crippen LogP contribution >= 0.6 is 0 Å². The van der Waals surface area contributed by atoms with E-state index in [1.807, 2.05) is 24.3 Å². The SMILES string of the molecule is C#Cc1cc(F)c2c(c1)Oc1cc3cc(C4(c5ccc6cc7c(cc6c5)Oc5cc(C#C)cc(F)c5O7)c5ccccc5-c5ccccc54)ccc3cc1O2. The van der Waals surface area contributed by atoms with Crippen molar-refractivity contribution >= 4 is 21.5 Å².